The Morgan fingerprint density at radius 1 is 0.567 bits per heavy atom. The van der Waals surface area contributed by atoms with E-state index < -0.39 is 0 Å². The monoisotopic (exact) mass is 1060 g/mol. The number of hydrogen-bond donors (Lipinski definition) is 0. The molecule has 10 aromatic rings. The average Bonchev–Trinajstić information content (AvgIpc) is 3.98. The standard InChI is InChI=1S/C60H52N4O2.Pt/c1-58(2,3)38-29-30-61-55(34-38)64-51-24-12-10-19-45(51)46-28-27-44(36-53(46)64)65-43-18-14-17-41(35-43)62-37-63(42-32-39(59(4,5)6)31-40(33-42)60(7,8)9)56-48(21-16-25-52(56)62)50-23-15-22-49-47-20-11-13-26-54(47)66-57(49)50;/h10-34H,1-9H3;/q;+2. The Hall–Kier alpha value is -6.84. The van der Waals surface area contributed by atoms with Crippen molar-refractivity contribution in [2.75, 3.05) is 0 Å². The minimum absolute atomic E-state index is 0. The minimum atomic E-state index is -0.0849. The maximum Gasteiger partial charge on any atom is 2.00 e. The molecule has 0 N–H and O–H groups in total. The summed E-state index contributed by atoms with van der Waals surface area (Å²) in [6, 6.07) is 62.1. The summed E-state index contributed by atoms with van der Waals surface area (Å²) in [5, 5.41) is 4.40. The van der Waals surface area contributed by atoms with Crippen LogP contribution in [0.25, 0.3) is 60.7 Å². The van der Waals surface area contributed by atoms with Gasteiger partial charge in [0.15, 0.2) is 0 Å². The van der Waals surface area contributed by atoms with Gasteiger partial charge in [-0.1, -0.05) is 151 Å². The molecule has 0 unspecified atom stereocenters. The van der Waals surface area contributed by atoms with Crippen LogP contribution < -0.4 is 13.9 Å². The van der Waals surface area contributed by atoms with Gasteiger partial charge in [0.1, 0.15) is 22.7 Å². The van der Waals surface area contributed by atoms with E-state index in [1.165, 1.54) is 16.7 Å². The van der Waals surface area contributed by atoms with Crippen molar-refractivity contribution in [3.05, 3.63) is 181 Å². The molecule has 4 heterocycles. The van der Waals surface area contributed by atoms with Crippen LogP contribution in [0.4, 0.5) is 22.7 Å². The van der Waals surface area contributed by atoms with Crippen LogP contribution in [0.2, 0.25) is 0 Å². The fraction of sp³-hybridized carbons (Fsp3) is 0.200. The Kier molecular flexibility index (Phi) is 10.6. The molecular weight excluding hydrogens is 1000 g/mol. The second-order valence-electron chi connectivity index (χ2n) is 20.6. The molecule has 0 bridgehead atoms. The molecule has 0 aliphatic carbocycles. The van der Waals surface area contributed by atoms with Gasteiger partial charge in [-0.25, -0.2) is 4.98 Å². The van der Waals surface area contributed by atoms with Crippen LogP contribution >= 0.6 is 0 Å². The van der Waals surface area contributed by atoms with Gasteiger partial charge in [0.25, 0.3) is 5.69 Å². The van der Waals surface area contributed by atoms with Crippen molar-refractivity contribution in [2.45, 2.75) is 78.6 Å². The number of pyridine rings is 1. The third-order valence-corrected chi connectivity index (χ3v) is 12.9. The van der Waals surface area contributed by atoms with Crippen LogP contribution in [0.3, 0.4) is 0 Å². The van der Waals surface area contributed by atoms with E-state index in [1.807, 2.05) is 36.5 Å². The van der Waals surface area contributed by atoms with Gasteiger partial charge in [-0.3, -0.25) is 0 Å². The maximum atomic E-state index is 6.70. The predicted molar refractivity (Wildman–Crippen MR) is 272 cm³/mol. The third-order valence-electron chi connectivity index (χ3n) is 12.9. The Morgan fingerprint density at radius 3 is 1.99 bits per heavy atom. The molecule has 1 aliphatic heterocycles. The second kappa shape index (κ2) is 16.2. The zero-order valence-corrected chi connectivity index (χ0v) is 41.6. The first-order chi connectivity index (χ1) is 31.6. The topological polar surface area (TPSA) is 46.2 Å². The van der Waals surface area contributed by atoms with Gasteiger partial charge in [0, 0.05) is 57.7 Å². The molecule has 0 spiro atoms. The van der Waals surface area contributed by atoms with Crippen LogP contribution in [-0.2, 0) is 37.3 Å². The van der Waals surface area contributed by atoms with Crippen molar-refractivity contribution in [2.24, 2.45) is 0 Å². The van der Waals surface area contributed by atoms with E-state index in [4.69, 9.17) is 14.1 Å². The summed E-state index contributed by atoms with van der Waals surface area (Å²) in [5.74, 6) is 1.99. The Labute approximate surface area is 406 Å². The van der Waals surface area contributed by atoms with E-state index in [2.05, 4.69) is 209 Å². The van der Waals surface area contributed by atoms with Gasteiger partial charge in [-0.15, -0.1) is 23.6 Å². The molecule has 67 heavy (non-hydrogen) atoms. The molecule has 0 radical (unpaired) electrons. The Balaban J connectivity index is 0.00000525. The molecule has 0 amide bonds. The Bertz CT molecular complexity index is 3640. The van der Waals surface area contributed by atoms with Crippen LogP contribution in [-0.4, -0.2) is 15.6 Å². The van der Waals surface area contributed by atoms with E-state index in [-0.39, 0.29) is 37.3 Å². The molecular formula is C60H52N4O2Pt+2. The quantitative estimate of drug-likeness (QED) is 0.123. The summed E-state index contributed by atoms with van der Waals surface area (Å²) in [6.07, 6.45) is 1.90. The zero-order valence-electron chi connectivity index (χ0n) is 39.4. The van der Waals surface area contributed by atoms with Gasteiger partial charge < -0.3 is 13.7 Å². The summed E-state index contributed by atoms with van der Waals surface area (Å²) in [5.41, 5.74) is 13.1. The first-order valence-corrected chi connectivity index (χ1v) is 22.8. The van der Waals surface area contributed by atoms with E-state index >= 15 is 0 Å². The predicted octanol–water partition coefficient (Wildman–Crippen LogP) is 15.9. The third kappa shape index (κ3) is 7.73. The van der Waals surface area contributed by atoms with E-state index in [1.54, 1.807) is 0 Å². The number of fused-ring (bicyclic) bond motifs is 7. The molecule has 0 fully saturated rings. The van der Waals surface area contributed by atoms with Crippen molar-refractivity contribution in [1.82, 2.24) is 18.7 Å². The van der Waals surface area contributed by atoms with Crippen molar-refractivity contribution < 1.29 is 30.2 Å². The van der Waals surface area contributed by atoms with Gasteiger partial charge in [-0.05, 0) is 73.2 Å². The summed E-state index contributed by atoms with van der Waals surface area (Å²) in [6.45, 7) is 20.3. The molecule has 7 aromatic carbocycles. The normalized spacial score (nSPS) is 13.0. The molecule has 6 nitrogen and oxygen atoms in total. The number of para-hydroxylation sites is 4. The van der Waals surface area contributed by atoms with E-state index in [9.17, 15) is 0 Å². The molecule has 7 heteroatoms. The number of hydrogen-bond acceptors (Lipinski definition) is 3. The molecule has 3 aromatic heterocycles. The van der Waals surface area contributed by atoms with E-state index in [0.29, 0.717) is 11.5 Å². The molecule has 332 valence electrons. The molecule has 0 atom stereocenters. The van der Waals surface area contributed by atoms with Crippen molar-refractivity contribution >= 4 is 72.5 Å². The number of nitrogens with zero attached hydrogens (tertiary/aromatic N) is 4. The average molecular weight is 1060 g/mol. The summed E-state index contributed by atoms with van der Waals surface area (Å²) in [4.78, 5) is 4.87. The van der Waals surface area contributed by atoms with Gasteiger partial charge in [0.2, 0.25) is 5.69 Å². The summed E-state index contributed by atoms with van der Waals surface area (Å²) in [7, 11) is 0. The summed E-state index contributed by atoms with van der Waals surface area (Å²) < 4.78 is 19.9. The molecule has 11 rings (SSSR count). The van der Waals surface area contributed by atoms with Gasteiger partial charge >= 0.3 is 32.8 Å². The number of ether oxygens (including phenoxy) is 1. The number of benzene rings is 7. The molecule has 0 saturated heterocycles. The van der Waals surface area contributed by atoms with Crippen LogP contribution in [0.1, 0.15) is 79.0 Å². The van der Waals surface area contributed by atoms with Crippen molar-refractivity contribution in [1.29, 1.82) is 0 Å². The summed E-state index contributed by atoms with van der Waals surface area (Å²) >= 11 is 0. The number of furan rings is 1. The largest absolute Gasteiger partial charge is 2.00 e. The minimum Gasteiger partial charge on any atom is -0.509 e. The fourth-order valence-corrected chi connectivity index (χ4v) is 9.23. The smallest absolute Gasteiger partial charge is 0.509 e. The maximum absolute atomic E-state index is 6.70. The van der Waals surface area contributed by atoms with Crippen LogP contribution in [0, 0.1) is 12.1 Å². The number of rotatable bonds is 6. The van der Waals surface area contributed by atoms with Gasteiger partial charge in [0.05, 0.1) is 5.56 Å². The van der Waals surface area contributed by atoms with E-state index in [0.717, 1.165) is 83.4 Å². The first-order valence-electron chi connectivity index (χ1n) is 22.8. The van der Waals surface area contributed by atoms with Crippen molar-refractivity contribution in [3.63, 3.8) is 0 Å². The second-order valence-corrected chi connectivity index (χ2v) is 20.6. The molecule has 0 saturated carbocycles. The van der Waals surface area contributed by atoms with Crippen molar-refractivity contribution in [3.8, 4) is 28.4 Å². The van der Waals surface area contributed by atoms with Crippen LogP contribution in [0.5, 0.6) is 11.5 Å². The Morgan fingerprint density at radius 2 is 1.22 bits per heavy atom. The van der Waals surface area contributed by atoms with Crippen LogP contribution in [0.15, 0.2) is 156 Å². The number of aromatic nitrogens is 2. The first kappa shape index (κ1) is 44.0. The fourth-order valence-electron chi connectivity index (χ4n) is 9.23. The zero-order chi connectivity index (χ0) is 45.7. The van der Waals surface area contributed by atoms with Gasteiger partial charge in [-0.2, -0.15) is 12.1 Å². The molecule has 1 aliphatic rings. The SMILES string of the molecule is CC(C)(C)c1cc([N+]2=C=[N+](c3[c-]c(Oc4[c-]c5c(cc4)c4ccccc4n5-c4cc(C(C)(C)C)ccn4)ccc3)c3cccc(-c4cccc5c4oc4ccccc45)c32)cc(C(C)(C)C)c1.[Pt+2].